The van der Waals surface area contributed by atoms with Crippen molar-refractivity contribution in [2.24, 2.45) is 5.10 Å². The van der Waals surface area contributed by atoms with Crippen molar-refractivity contribution in [1.82, 2.24) is 5.01 Å². The Hall–Kier alpha value is -3.71. The van der Waals surface area contributed by atoms with Crippen molar-refractivity contribution in [3.05, 3.63) is 94.9 Å². The predicted molar refractivity (Wildman–Crippen MR) is 113 cm³/mol. The molecule has 7 heteroatoms. The number of aryl methyl sites for hydroxylation is 1. The van der Waals surface area contributed by atoms with E-state index in [-0.39, 0.29) is 6.61 Å². The lowest BCUT2D eigenvalue weighted by atomic mass is 10.0. The minimum atomic E-state index is -0.616. The number of aliphatic hydroxyl groups excluding tert-OH is 1. The minimum absolute atomic E-state index is 0.113. The van der Waals surface area contributed by atoms with E-state index in [9.17, 15) is 9.59 Å². The van der Waals surface area contributed by atoms with Crippen LogP contribution in [0.1, 0.15) is 45.3 Å². The van der Waals surface area contributed by atoms with Crippen LogP contribution in [-0.4, -0.2) is 34.3 Å². The third kappa shape index (κ3) is 4.57. The average Bonchev–Trinajstić information content (AvgIpc) is 3.48. The molecule has 158 valence electrons. The minimum Gasteiger partial charge on any atom is -0.467 e. The van der Waals surface area contributed by atoms with Crippen LogP contribution in [0.15, 0.2) is 76.4 Å². The summed E-state index contributed by atoms with van der Waals surface area (Å²) < 4.78 is 10.7. The van der Waals surface area contributed by atoms with Gasteiger partial charge in [0.2, 0.25) is 0 Å². The summed E-state index contributed by atoms with van der Waals surface area (Å²) in [5, 5.41) is 14.9. The van der Waals surface area contributed by atoms with E-state index in [0.29, 0.717) is 23.3 Å². The molecule has 31 heavy (non-hydrogen) atoms. The number of nitrogens with zero attached hydrogens (tertiary/aromatic N) is 2. The van der Waals surface area contributed by atoms with Gasteiger partial charge >= 0.3 is 5.97 Å². The maximum atomic E-state index is 12.9. The van der Waals surface area contributed by atoms with Crippen molar-refractivity contribution in [2.45, 2.75) is 26.0 Å². The molecule has 0 radical (unpaired) electrons. The van der Waals surface area contributed by atoms with E-state index >= 15 is 0 Å². The fraction of sp³-hybridized carbons (Fsp3) is 0.208. The van der Waals surface area contributed by atoms with Crippen LogP contribution in [0, 0.1) is 6.92 Å². The summed E-state index contributed by atoms with van der Waals surface area (Å²) in [6.45, 7) is 1.45. The lowest BCUT2D eigenvalue weighted by Crippen LogP contribution is -2.31. The number of hydrogen-bond donors (Lipinski definition) is 1. The van der Waals surface area contributed by atoms with Gasteiger partial charge in [0.15, 0.2) is 6.61 Å². The van der Waals surface area contributed by atoms with Gasteiger partial charge in [-0.05, 0) is 42.3 Å². The molecule has 1 aliphatic heterocycles. The molecule has 0 saturated carbocycles. The van der Waals surface area contributed by atoms with Gasteiger partial charge in [-0.3, -0.25) is 4.79 Å². The lowest BCUT2D eigenvalue weighted by Gasteiger charge is -2.19. The summed E-state index contributed by atoms with van der Waals surface area (Å²) in [5.74, 6) is -0.441. The monoisotopic (exact) mass is 418 g/mol. The molecule has 0 saturated heterocycles. The molecule has 0 fully saturated rings. The highest BCUT2D eigenvalue weighted by Crippen LogP contribution is 2.33. The first-order valence-electron chi connectivity index (χ1n) is 9.92. The standard InChI is InChI=1S/C24H22N2O5/c1-16-4-8-18(9-5-16)20-13-21(22-3-2-12-30-22)26(25-20)23(28)15-31-24(29)19-10-6-17(14-27)7-11-19/h2-12,21,27H,13-15H2,1H3/t21-/m0/s1. The Kier molecular flexibility index (Phi) is 5.95. The Morgan fingerprint density at radius 3 is 2.52 bits per heavy atom. The molecule has 2 aromatic carbocycles. The van der Waals surface area contributed by atoms with Gasteiger partial charge in [-0.25, -0.2) is 9.80 Å². The molecule has 3 aromatic rings. The Labute approximate surface area is 179 Å². The van der Waals surface area contributed by atoms with E-state index in [1.165, 1.54) is 5.01 Å². The Balaban J connectivity index is 1.49. The maximum Gasteiger partial charge on any atom is 0.338 e. The highest BCUT2D eigenvalue weighted by molar-refractivity contribution is 6.03. The molecule has 7 nitrogen and oxygen atoms in total. The third-order valence-corrected chi connectivity index (χ3v) is 5.12. The molecule has 1 atom stereocenters. The fourth-order valence-electron chi connectivity index (χ4n) is 3.39. The van der Waals surface area contributed by atoms with Gasteiger partial charge in [0.1, 0.15) is 11.8 Å². The third-order valence-electron chi connectivity index (χ3n) is 5.12. The number of rotatable bonds is 6. The van der Waals surface area contributed by atoms with E-state index in [0.717, 1.165) is 16.8 Å². The number of esters is 1. The van der Waals surface area contributed by atoms with Crippen LogP contribution in [0.25, 0.3) is 0 Å². The molecule has 0 aliphatic carbocycles. The van der Waals surface area contributed by atoms with E-state index in [1.807, 2.05) is 31.2 Å². The first-order chi connectivity index (χ1) is 15.0. The molecular weight excluding hydrogens is 396 g/mol. The number of ether oxygens (including phenoxy) is 1. The van der Waals surface area contributed by atoms with Crippen LogP contribution in [-0.2, 0) is 16.1 Å². The van der Waals surface area contributed by atoms with Crippen LogP contribution in [0.5, 0.6) is 0 Å². The first-order valence-corrected chi connectivity index (χ1v) is 9.92. The SMILES string of the molecule is Cc1ccc(C2=NN(C(=O)COC(=O)c3ccc(CO)cc3)[C@H](c3ccco3)C2)cc1. The number of carbonyl (C=O) groups is 2. The van der Waals surface area contributed by atoms with Crippen molar-refractivity contribution in [1.29, 1.82) is 0 Å². The average molecular weight is 418 g/mol. The highest BCUT2D eigenvalue weighted by atomic mass is 16.5. The van der Waals surface area contributed by atoms with Gasteiger partial charge in [0, 0.05) is 6.42 Å². The smallest absolute Gasteiger partial charge is 0.338 e. The summed E-state index contributed by atoms with van der Waals surface area (Å²) >= 11 is 0. The zero-order valence-corrected chi connectivity index (χ0v) is 17.0. The molecule has 1 amide bonds. The summed E-state index contributed by atoms with van der Waals surface area (Å²) in [5.41, 5.74) is 3.82. The zero-order valence-electron chi connectivity index (χ0n) is 17.0. The molecule has 1 N–H and O–H groups in total. The summed E-state index contributed by atoms with van der Waals surface area (Å²) in [4.78, 5) is 25.2. The molecule has 1 aromatic heterocycles. The Bertz CT molecular complexity index is 1090. The van der Waals surface area contributed by atoms with Crippen LogP contribution in [0.4, 0.5) is 0 Å². The molecule has 4 rings (SSSR count). The second-order valence-electron chi connectivity index (χ2n) is 7.32. The molecule has 0 spiro atoms. The van der Waals surface area contributed by atoms with Crippen molar-refractivity contribution >= 4 is 17.6 Å². The van der Waals surface area contributed by atoms with Crippen molar-refractivity contribution < 1.29 is 23.8 Å². The first kappa shape index (κ1) is 20.6. The number of benzene rings is 2. The predicted octanol–water partition coefficient (Wildman–Crippen LogP) is 3.62. The number of carbonyl (C=O) groups excluding carboxylic acids is 2. The van der Waals surface area contributed by atoms with Crippen molar-refractivity contribution in [2.75, 3.05) is 6.61 Å². The van der Waals surface area contributed by atoms with Crippen LogP contribution in [0.3, 0.4) is 0 Å². The van der Waals surface area contributed by atoms with Crippen molar-refractivity contribution in [3.8, 4) is 0 Å². The number of aliphatic hydroxyl groups is 1. The molecular formula is C24H22N2O5. The summed E-state index contributed by atoms with van der Waals surface area (Å²) in [6.07, 6.45) is 2.05. The van der Waals surface area contributed by atoms with Gasteiger partial charge in [-0.1, -0.05) is 42.0 Å². The van der Waals surface area contributed by atoms with Gasteiger partial charge < -0.3 is 14.3 Å². The lowest BCUT2D eigenvalue weighted by molar-refractivity contribution is -0.136. The number of amides is 1. The maximum absolute atomic E-state index is 12.9. The van der Waals surface area contributed by atoms with Gasteiger partial charge in [0.05, 0.1) is 24.1 Å². The molecule has 0 bridgehead atoms. The van der Waals surface area contributed by atoms with E-state index in [1.54, 1.807) is 42.7 Å². The van der Waals surface area contributed by atoms with Crippen LogP contribution >= 0.6 is 0 Å². The van der Waals surface area contributed by atoms with Crippen LogP contribution < -0.4 is 0 Å². The van der Waals surface area contributed by atoms with Gasteiger partial charge in [-0.15, -0.1) is 0 Å². The summed E-state index contributed by atoms with van der Waals surface area (Å²) in [6, 6.07) is 17.4. The molecule has 1 aliphatic rings. The highest BCUT2D eigenvalue weighted by Gasteiger charge is 2.35. The van der Waals surface area contributed by atoms with Crippen LogP contribution in [0.2, 0.25) is 0 Å². The van der Waals surface area contributed by atoms with E-state index < -0.39 is 24.5 Å². The zero-order chi connectivity index (χ0) is 21.8. The second kappa shape index (κ2) is 8.97. The fourth-order valence-corrected chi connectivity index (χ4v) is 3.39. The van der Waals surface area contributed by atoms with E-state index in [2.05, 4.69) is 5.10 Å². The normalized spacial score (nSPS) is 15.6. The largest absolute Gasteiger partial charge is 0.467 e. The molecule has 2 heterocycles. The molecule has 0 unspecified atom stereocenters. The van der Waals surface area contributed by atoms with E-state index in [4.69, 9.17) is 14.3 Å². The van der Waals surface area contributed by atoms with Gasteiger partial charge in [-0.2, -0.15) is 5.10 Å². The second-order valence-corrected chi connectivity index (χ2v) is 7.32. The quantitative estimate of drug-likeness (QED) is 0.618. The topological polar surface area (TPSA) is 92.3 Å². The number of furan rings is 1. The Morgan fingerprint density at radius 1 is 1.13 bits per heavy atom. The van der Waals surface area contributed by atoms with Crippen molar-refractivity contribution in [3.63, 3.8) is 0 Å². The summed E-state index contributed by atoms with van der Waals surface area (Å²) in [7, 11) is 0. The van der Waals surface area contributed by atoms with Gasteiger partial charge in [0.25, 0.3) is 5.91 Å². The number of hydrazone groups is 1. The number of hydrogen-bond acceptors (Lipinski definition) is 6. The Morgan fingerprint density at radius 2 is 1.87 bits per heavy atom.